The van der Waals surface area contributed by atoms with E-state index in [1.807, 2.05) is 0 Å². The predicted molar refractivity (Wildman–Crippen MR) is 105 cm³/mol. The van der Waals surface area contributed by atoms with Crippen LogP contribution in [0, 0.1) is 0 Å². The lowest BCUT2D eigenvalue weighted by atomic mass is 10.1. The Bertz CT molecular complexity index is 949. The van der Waals surface area contributed by atoms with Gasteiger partial charge in [0.2, 0.25) is 15.9 Å². The fraction of sp³-hybridized carbons (Fsp3) is 0.316. The van der Waals surface area contributed by atoms with Crippen LogP contribution in [0.15, 0.2) is 53.4 Å². The Kier molecular flexibility index (Phi) is 8.25. The van der Waals surface area contributed by atoms with Crippen LogP contribution in [-0.4, -0.2) is 33.1 Å². The van der Waals surface area contributed by atoms with Crippen molar-refractivity contribution in [3.05, 3.63) is 64.7 Å². The minimum Gasteiger partial charge on any atom is -0.367 e. The molecule has 2 N–H and O–H groups in total. The van der Waals surface area contributed by atoms with Gasteiger partial charge in [-0.2, -0.15) is 17.9 Å². The summed E-state index contributed by atoms with van der Waals surface area (Å²) in [4.78, 5) is 12.2. The van der Waals surface area contributed by atoms with Crippen molar-refractivity contribution < 1.29 is 31.1 Å². The molecule has 0 bridgehead atoms. The quantitative estimate of drug-likeness (QED) is 0.595. The molecule has 2 aromatic carbocycles. The van der Waals surface area contributed by atoms with Gasteiger partial charge in [0.25, 0.3) is 0 Å². The number of carbonyl (C=O) groups is 1. The standard InChI is InChI=1S/C19H20ClF3N2O4S/c1-13(25-30(27,28)17-8-6-16(20)7-9-17)18(26)24-10-14-2-4-15(5-3-14)11-29-12-19(21,22)23/h2-9,13,25H,10-12H2,1H3,(H,24,26)/t13-/m0/s1. The lowest BCUT2D eigenvalue weighted by Gasteiger charge is -2.15. The smallest absolute Gasteiger partial charge is 0.367 e. The number of rotatable bonds is 9. The summed E-state index contributed by atoms with van der Waals surface area (Å²) in [5.74, 6) is -0.537. The van der Waals surface area contributed by atoms with Crippen molar-refractivity contribution >= 4 is 27.5 Å². The molecule has 30 heavy (non-hydrogen) atoms. The molecule has 2 rings (SSSR count). The molecule has 1 atom stereocenters. The van der Waals surface area contributed by atoms with E-state index in [9.17, 15) is 26.4 Å². The molecule has 0 saturated heterocycles. The Morgan fingerprint density at radius 1 is 1.07 bits per heavy atom. The number of hydrogen-bond acceptors (Lipinski definition) is 4. The highest BCUT2D eigenvalue weighted by Crippen LogP contribution is 2.16. The van der Waals surface area contributed by atoms with Gasteiger partial charge in [0.05, 0.1) is 17.5 Å². The molecule has 0 spiro atoms. The third kappa shape index (κ3) is 7.94. The van der Waals surface area contributed by atoms with Gasteiger partial charge in [-0.05, 0) is 42.3 Å². The maximum absolute atomic E-state index is 12.3. The normalized spacial score (nSPS) is 13.1. The first kappa shape index (κ1) is 24.1. The van der Waals surface area contributed by atoms with Crippen LogP contribution >= 0.6 is 11.6 Å². The Morgan fingerprint density at radius 3 is 2.20 bits per heavy atom. The van der Waals surface area contributed by atoms with E-state index in [1.54, 1.807) is 24.3 Å². The molecule has 0 aromatic heterocycles. The van der Waals surface area contributed by atoms with E-state index in [2.05, 4.69) is 14.8 Å². The first-order chi connectivity index (χ1) is 14.0. The second kappa shape index (κ2) is 10.3. The molecule has 6 nitrogen and oxygen atoms in total. The summed E-state index contributed by atoms with van der Waals surface area (Å²) in [6, 6.07) is 10.9. The number of benzene rings is 2. The van der Waals surface area contributed by atoms with E-state index >= 15 is 0 Å². The van der Waals surface area contributed by atoms with Gasteiger partial charge in [0, 0.05) is 11.6 Å². The summed E-state index contributed by atoms with van der Waals surface area (Å²) in [6.07, 6.45) is -4.38. The van der Waals surface area contributed by atoms with Crippen LogP contribution in [-0.2, 0) is 32.7 Å². The Labute approximate surface area is 177 Å². The van der Waals surface area contributed by atoms with Gasteiger partial charge in [-0.15, -0.1) is 0 Å². The molecule has 0 saturated carbocycles. The molecular weight excluding hydrogens is 445 g/mol. The number of sulfonamides is 1. The van der Waals surface area contributed by atoms with E-state index in [0.717, 1.165) is 0 Å². The third-order valence-electron chi connectivity index (χ3n) is 3.87. The zero-order chi connectivity index (χ0) is 22.4. The molecule has 0 heterocycles. The van der Waals surface area contributed by atoms with Crippen molar-refractivity contribution in [2.45, 2.75) is 37.2 Å². The number of hydrogen-bond donors (Lipinski definition) is 2. The molecule has 0 aliphatic carbocycles. The van der Waals surface area contributed by atoms with E-state index in [1.165, 1.54) is 31.2 Å². The summed E-state index contributed by atoms with van der Waals surface area (Å²) in [5, 5.41) is 2.98. The van der Waals surface area contributed by atoms with Gasteiger partial charge in [-0.1, -0.05) is 35.9 Å². The zero-order valence-electron chi connectivity index (χ0n) is 15.9. The van der Waals surface area contributed by atoms with Crippen LogP contribution in [0.3, 0.4) is 0 Å². The Morgan fingerprint density at radius 2 is 1.63 bits per heavy atom. The highest BCUT2D eigenvalue weighted by Gasteiger charge is 2.27. The van der Waals surface area contributed by atoms with Crippen molar-refractivity contribution in [1.82, 2.24) is 10.0 Å². The number of nitrogens with one attached hydrogen (secondary N) is 2. The molecule has 164 valence electrons. The summed E-state index contributed by atoms with van der Waals surface area (Å²) >= 11 is 5.74. The zero-order valence-corrected chi connectivity index (χ0v) is 17.4. The average Bonchev–Trinajstić information content (AvgIpc) is 2.66. The van der Waals surface area contributed by atoms with Crippen LogP contribution in [0.2, 0.25) is 5.02 Å². The monoisotopic (exact) mass is 464 g/mol. The van der Waals surface area contributed by atoms with E-state index in [-0.39, 0.29) is 18.0 Å². The summed E-state index contributed by atoms with van der Waals surface area (Å²) < 4.78 is 67.7. The fourth-order valence-corrected chi connectivity index (χ4v) is 3.68. The largest absolute Gasteiger partial charge is 0.411 e. The lowest BCUT2D eigenvalue weighted by molar-refractivity contribution is -0.176. The first-order valence-electron chi connectivity index (χ1n) is 8.74. The summed E-state index contributed by atoms with van der Waals surface area (Å²) in [5.41, 5.74) is 1.24. The lowest BCUT2D eigenvalue weighted by Crippen LogP contribution is -2.44. The van der Waals surface area contributed by atoms with Gasteiger partial charge in [-0.3, -0.25) is 4.79 Å². The van der Waals surface area contributed by atoms with Crippen molar-refractivity contribution in [3.63, 3.8) is 0 Å². The predicted octanol–water partition coefficient (Wildman–Crippen LogP) is 3.40. The van der Waals surface area contributed by atoms with Gasteiger partial charge < -0.3 is 10.1 Å². The highest BCUT2D eigenvalue weighted by molar-refractivity contribution is 7.89. The molecule has 0 fully saturated rings. The van der Waals surface area contributed by atoms with Gasteiger partial charge in [-0.25, -0.2) is 8.42 Å². The maximum atomic E-state index is 12.3. The van der Waals surface area contributed by atoms with Crippen LogP contribution in [0.4, 0.5) is 13.2 Å². The Hall–Kier alpha value is -2.14. The Balaban J connectivity index is 1.83. The van der Waals surface area contributed by atoms with E-state index < -0.39 is 34.8 Å². The number of halogens is 4. The first-order valence-corrected chi connectivity index (χ1v) is 10.6. The maximum Gasteiger partial charge on any atom is 0.411 e. The number of alkyl halides is 3. The molecule has 2 aromatic rings. The number of amides is 1. The molecule has 0 aliphatic rings. The second-order valence-corrected chi connectivity index (χ2v) is 8.59. The van der Waals surface area contributed by atoms with Crippen LogP contribution in [0.1, 0.15) is 18.1 Å². The summed E-state index contributed by atoms with van der Waals surface area (Å²) in [6.45, 7) is 0.0176. The van der Waals surface area contributed by atoms with Crippen LogP contribution in [0.5, 0.6) is 0 Å². The van der Waals surface area contributed by atoms with Crippen molar-refractivity contribution in [1.29, 1.82) is 0 Å². The topological polar surface area (TPSA) is 84.5 Å². The minimum absolute atomic E-state index is 0.0186. The van der Waals surface area contributed by atoms with Crippen LogP contribution < -0.4 is 10.0 Å². The summed E-state index contributed by atoms with van der Waals surface area (Å²) in [7, 11) is -3.89. The van der Waals surface area contributed by atoms with Crippen LogP contribution in [0.25, 0.3) is 0 Å². The highest BCUT2D eigenvalue weighted by atomic mass is 35.5. The van der Waals surface area contributed by atoms with Crippen molar-refractivity contribution in [3.8, 4) is 0 Å². The van der Waals surface area contributed by atoms with Gasteiger partial charge in [0.15, 0.2) is 0 Å². The SMILES string of the molecule is C[C@H](NS(=O)(=O)c1ccc(Cl)cc1)C(=O)NCc1ccc(COCC(F)(F)F)cc1. The molecule has 1 amide bonds. The molecule has 0 aliphatic heterocycles. The van der Waals surface area contributed by atoms with E-state index in [4.69, 9.17) is 11.6 Å². The third-order valence-corrected chi connectivity index (χ3v) is 5.68. The molecule has 11 heteroatoms. The van der Waals surface area contributed by atoms with Gasteiger partial charge in [0.1, 0.15) is 6.61 Å². The van der Waals surface area contributed by atoms with Crippen molar-refractivity contribution in [2.75, 3.05) is 6.61 Å². The van der Waals surface area contributed by atoms with Crippen molar-refractivity contribution in [2.24, 2.45) is 0 Å². The van der Waals surface area contributed by atoms with E-state index in [0.29, 0.717) is 16.1 Å². The molecule has 0 radical (unpaired) electrons. The minimum atomic E-state index is -4.38. The number of carbonyl (C=O) groups excluding carboxylic acids is 1. The number of ether oxygens (including phenoxy) is 1. The van der Waals surface area contributed by atoms with Gasteiger partial charge >= 0.3 is 6.18 Å². The molecule has 0 unspecified atom stereocenters. The average molecular weight is 465 g/mol. The molecular formula is C19H20ClF3N2O4S. The second-order valence-electron chi connectivity index (χ2n) is 6.44. The fourth-order valence-electron chi connectivity index (χ4n) is 2.35.